The average Bonchev–Trinajstić information content (AvgIpc) is 2.87. The fourth-order valence-corrected chi connectivity index (χ4v) is 3.05. The second kappa shape index (κ2) is 4.73. The summed E-state index contributed by atoms with van der Waals surface area (Å²) in [4.78, 5) is 13.4. The number of nitrogens with one attached hydrogen (secondary N) is 1. The highest BCUT2D eigenvalue weighted by molar-refractivity contribution is 5.95. The van der Waals surface area contributed by atoms with Crippen LogP contribution in [0.25, 0.3) is 0 Å². The van der Waals surface area contributed by atoms with E-state index in [2.05, 4.69) is 23.5 Å². The number of hydrogen-bond donors (Lipinski definition) is 1. The van der Waals surface area contributed by atoms with Gasteiger partial charge in [-0.25, -0.2) is 0 Å². The van der Waals surface area contributed by atoms with Gasteiger partial charge in [-0.1, -0.05) is 12.1 Å². The Balaban J connectivity index is 1.80. The number of carbonyl (C=O) groups is 1. The minimum atomic E-state index is 0.229. The van der Waals surface area contributed by atoms with Crippen LogP contribution in [0.4, 0.5) is 5.69 Å². The van der Waals surface area contributed by atoms with Crippen LogP contribution in [0.2, 0.25) is 0 Å². The van der Waals surface area contributed by atoms with Crippen molar-refractivity contribution in [2.24, 2.45) is 0 Å². The van der Waals surface area contributed by atoms with Crippen LogP contribution in [-0.2, 0) is 17.6 Å². The molecular weight excluding hydrogens is 224 g/mol. The van der Waals surface area contributed by atoms with Crippen LogP contribution in [0, 0.1) is 0 Å². The Morgan fingerprint density at radius 1 is 1.39 bits per heavy atom. The van der Waals surface area contributed by atoms with E-state index in [9.17, 15) is 4.79 Å². The Bertz CT molecular complexity index is 464. The minimum Gasteiger partial charge on any atom is -0.315 e. The van der Waals surface area contributed by atoms with Crippen molar-refractivity contribution in [3.05, 3.63) is 29.3 Å². The molecule has 0 saturated carbocycles. The van der Waals surface area contributed by atoms with Gasteiger partial charge < -0.3 is 10.2 Å². The van der Waals surface area contributed by atoms with Crippen LogP contribution >= 0.6 is 0 Å². The van der Waals surface area contributed by atoms with Crippen molar-refractivity contribution in [1.29, 1.82) is 0 Å². The largest absolute Gasteiger partial charge is 0.315 e. The first-order chi connectivity index (χ1) is 8.74. The molecular formula is C15H20N2O. The average molecular weight is 244 g/mol. The van der Waals surface area contributed by atoms with Crippen molar-refractivity contribution < 1.29 is 4.79 Å². The molecule has 2 aliphatic rings. The molecule has 1 saturated heterocycles. The van der Waals surface area contributed by atoms with E-state index in [-0.39, 0.29) is 5.91 Å². The first kappa shape index (κ1) is 11.7. The lowest BCUT2D eigenvalue weighted by atomic mass is 9.96. The maximum Gasteiger partial charge on any atom is 0.227 e. The second-order valence-electron chi connectivity index (χ2n) is 5.41. The van der Waals surface area contributed by atoms with Gasteiger partial charge in [0.05, 0.1) is 0 Å². The number of nitrogens with zero attached hydrogens (tertiary/aromatic N) is 1. The molecule has 0 aliphatic carbocycles. The SMILES string of the molecule is CN1C(=O)CCc2cc(CC3CCCN3)ccc21. The van der Waals surface area contributed by atoms with Crippen molar-refractivity contribution in [3.63, 3.8) is 0 Å². The predicted molar refractivity (Wildman–Crippen MR) is 72.9 cm³/mol. The van der Waals surface area contributed by atoms with Crippen LogP contribution in [0.3, 0.4) is 0 Å². The number of anilines is 1. The van der Waals surface area contributed by atoms with Crippen molar-refractivity contribution in [2.75, 3.05) is 18.5 Å². The molecule has 1 fully saturated rings. The zero-order valence-corrected chi connectivity index (χ0v) is 10.9. The molecule has 0 bridgehead atoms. The van der Waals surface area contributed by atoms with Crippen LogP contribution in [0.1, 0.15) is 30.4 Å². The molecule has 0 radical (unpaired) electrons. The maximum absolute atomic E-state index is 11.6. The molecule has 96 valence electrons. The third-order valence-electron chi connectivity index (χ3n) is 4.13. The Hall–Kier alpha value is -1.35. The summed E-state index contributed by atoms with van der Waals surface area (Å²) in [7, 11) is 1.87. The van der Waals surface area contributed by atoms with E-state index in [1.165, 1.54) is 24.0 Å². The van der Waals surface area contributed by atoms with Gasteiger partial charge in [0.1, 0.15) is 0 Å². The number of benzene rings is 1. The van der Waals surface area contributed by atoms with E-state index < -0.39 is 0 Å². The number of carbonyl (C=O) groups excluding carboxylic acids is 1. The monoisotopic (exact) mass is 244 g/mol. The van der Waals surface area contributed by atoms with Crippen molar-refractivity contribution in [2.45, 2.75) is 38.1 Å². The first-order valence-corrected chi connectivity index (χ1v) is 6.86. The van der Waals surface area contributed by atoms with Gasteiger partial charge in [-0.15, -0.1) is 0 Å². The van der Waals surface area contributed by atoms with Gasteiger partial charge in [0.15, 0.2) is 0 Å². The number of fused-ring (bicyclic) bond motifs is 1. The summed E-state index contributed by atoms with van der Waals surface area (Å²) >= 11 is 0. The number of hydrogen-bond acceptors (Lipinski definition) is 2. The summed E-state index contributed by atoms with van der Waals surface area (Å²) in [6, 6.07) is 7.22. The molecule has 2 heterocycles. The molecule has 1 unspecified atom stereocenters. The van der Waals surface area contributed by atoms with Crippen molar-refractivity contribution in [1.82, 2.24) is 5.32 Å². The van der Waals surface area contributed by atoms with Crippen LogP contribution < -0.4 is 10.2 Å². The van der Waals surface area contributed by atoms with Gasteiger partial charge in [0, 0.05) is 25.2 Å². The third-order valence-corrected chi connectivity index (χ3v) is 4.13. The van der Waals surface area contributed by atoms with E-state index in [1.807, 2.05) is 7.05 Å². The Kier molecular flexibility index (Phi) is 3.08. The van der Waals surface area contributed by atoms with Crippen LogP contribution in [0.5, 0.6) is 0 Å². The van der Waals surface area contributed by atoms with Crippen LogP contribution in [0.15, 0.2) is 18.2 Å². The molecule has 3 nitrogen and oxygen atoms in total. The molecule has 1 amide bonds. The Morgan fingerprint density at radius 2 is 2.28 bits per heavy atom. The molecule has 2 aliphatic heterocycles. The van der Waals surface area contributed by atoms with Gasteiger partial charge >= 0.3 is 0 Å². The topological polar surface area (TPSA) is 32.3 Å². The Labute approximate surface area is 108 Å². The second-order valence-corrected chi connectivity index (χ2v) is 5.41. The third kappa shape index (κ3) is 2.15. The number of aryl methyl sites for hydroxylation is 1. The summed E-state index contributed by atoms with van der Waals surface area (Å²) < 4.78 is 0. The summed E-state index contributed by atoms with van der Waals surface area (Å²) in [6.07, 6.45) is 5.24. The van der Waals surface area contributed by atoms with E-state index in [1.54, 1.807) is 4.90 Å². The zero-order valence-electron chi connectivity index (χ0n) is 10.9. The quantitative estimate of drug-likeness (QED) is 0.861. The summed E-state index contributed by atoms with van der Waals surface area (Å²) in [6.45, 7) is 1.16. The lowest BCUT2D eigenvalue weighted by molar-refractivity contribution is -0.118. The fraction of sp³-hybridized carbons (Fsp3) is 0.533. The van der Waals surface area contributed by atoms with Crippen LogP contribution in [-0.4, -0.2) is 25.5 Å². The molecule has 3 rings (SSSR count). The van der Waals surface area contributed by atoms with Gasteiger partial charge in [-0.3, -0.25) is 4.79 Å². The highest BCUT2D eigenvalue weighted by Gasteiger charge is 2.21. The highest BCUT2D eigenvalue weighted by Crippen LogP contribution is 2.28. The summed E-state index contributed by atoms with van der Waals surface area (Å²) in [5.74, 6) is 0.229. The summed E-state index contributed by atoms with van der Waals surface area (Å²) in [5.41, 5.74) is 3.82. The molecule has 3 heteroatoms. The lowest BCUT2D eigenvalue weighted by Gasteiger charge is -2.26. The van der Waals surface area contributed by atoms with Gasteiger partial charge in [-0.05, 0) is 49.4 Å². The van der Waals surface area contributed by atoms with Gasteiger partial charge in [0.2, 0.25) is 5.91 Å². The van der Waals surface area contributed by atoms with E-state index >= 15 is 0 Å². The predicted octanol–water partition coefficient (Wildman–Crippen LogP) is 1.89. The standard InChI is InChI=1S/C15H20N2O/c1-17-14-6-4-11(10-13-3-2-8-16-13)9-12(14)5-7-15(17)18/h4,6,9,13,16H,2-3,5,7-8,10H2,1H3. The number of rotatable bonds is 2. The molecule has 1 aromatic carbocycles. The van der Waals surface area contributed by atoms with E-state index in [4.69, 9.17) is 0 Å². The number of amides is 1. The lowest BCUT2D eigenvalue weighted by Crippen LogP contribution is -2.31. The molecule has 0 aromatic heterocycles. The molecule has 1 atom stereocenters. The fourth-order valence-electron chi connectivity index (χ4n) is 3.05. The maximum atomic E-state index is 11.6. The van der Waals surface area contributed by atoms with Crippen molar-refractivity contribution in [3.8, 4) is 0 Å². The molecule has 18 heavy (non-hydrogen) atoms. The normalized spacial score (nSPS) is 23.3. The Morgan fingerprint density at radius 3 is 3.06 bits per heavy atom. The smallest absolute Gasteiger partial charge is 0.227 e. The van der Waals surface area contributed by atoms with Gasteiger partial charge in [-0.2, -0.15) is 0 Å². The van der Waals surface area contributed by atoms with E-state index in [0.29, 0.717) is 12.5 Å². The minimum absolute atomic E-state index is 0.229. The zero-order chi connectivity index (χ0) is 12.5. The van der Waals surface area contributed by atoms with Crippen molar-refractivity contribution >= 4 is 11.6 Å². The first-order valence-electron chi connectivity index (χ1n) is 6.86. The molecule has 1 aromatic rings. The molecule has 0 spiro atoms. The van der Waals surface area contributed by atoms with Gasteiger partial charge in [0.25, 0.3) is 0 Å². The summed E-state index contributed by atoms with van der Waals surface area (Å²) in [5, 5.41) is 3.54. The highest BCUT2D eigenvalue weighted by atomic mass is 16.2. The molecule has 1 N–H and O–H groups in total. The van der Waals surface area contributed by atoms with E-state index in [0.717, 1.165) is 25.1 Å².